The first kappa shape index (κ1) is 6.40. The van der Waals surface area contributed by atoms with Crippen LogP contribution in [0.5, 0.6) is 0 Å². The Labute approximate surface area is 65.3 Å². The van der Waals surface area contributed by atoms with Crippen molar-refractivity contribution in [1.82, 2.24) is 0 Å². The molecule has 0 radical (unpaired) electrons. The Hall–Kier alpha value is -0.120. The summed E-state index contributed by atoms with van der Waals surface area (Å²) in [7, 11) is 0. The van der Waals surface area contributed by atoms with Crippen molar-refractivity contribution >= 4 is 0 Å². The van der Waals surface area contributed by atoms with Crippen LogP contribution in [0, 0.1) is 17.8 Å². The Morgan fingerprint density at radius 2 is 1.91 bits per heavy atom. The van der Waals surface area contributed by atoms with Gasteiger partial charge in [0, 0.05) is 17.8 Å². The SMILES string of the molecule is OC1C2COC3OC[C@H]1CC32. The summed E-state index contributed by atoms with van der Waals surface area (Å²) in [6.45, 7) is 1.39. The highest BCUT2D eigenvalue weighted by molar-refractivity contribution is 4.98. The summed E-state index contributed by atoms with van der Waals surface area (Å²) in [6.07, 6.45) is 0.956. The van der Waals surface area contributed by atoms with Gasteiger partial charge in [-0.2, -0.15) is 0 Å². The first-order chi connectivity index (χ1) is 5.36. The van der Waals surface area contributed by atoms with E-state index in [4.69, 9.17) is 9.47 Å². The Balaban J connectivity index is 1.96. The fraction of sp³-hybridized carbons (Fsp3) is 1.00. The number of aliphatic hydroxyl groups is 1. The van der Waals surface area contributed by atoms with Crippen molar-refractivity contribution in [1.29, 1.82) is 0 Å². The number of rotatable bonds is 0. The average molecular weight is 156 g/mol. The monoisotopic (exact) mass is 156 g/mol. The van der Waals surface area contributed by atoms with Gasteiger partial charge in [0.05, 0.1) is 19.3 Å². The van der Waals surface area contributed by atoms with E-state index in [9.17, 15) is 5.11 Å². The van der Waals surface area contributed by atoms with Gasteiger partial charge in [0.2, 0.25) is 0 Å². The van der Waals surface area contributed by atoms with E-state index in [2.05, 4.69) is 0 Å². The molecule has 4 unspecified atom stereocenters. The topological polar surface area (TPSA) is 38.7 Å². The zero-order chi connectivity index (χ0) is 7.42. The van der Waals surface area contributed by atoms with Crippen LogP contribution in [0.25, 0.3) is 0 Å². The Morgan fingerprint density at radius 3 is 2.82 bits per heavy atom. The maximum Gasteiger partial charge on any atom is 0.160 e. The second kappa shape index (κ2) is 1.97. The van der Waals surface area contributed by atoms with Gasteiger partial charge in [0.25, 0.3) is 0 Å². The third kappa shape index (κ3) is 0.687. The van der Waals surface area contributed by atoms with E-state index < -0.39 is 0 Å². The molecule has 5 atom stereocenters. The number of fused-ring (bicyclic) bond motifs is 1. The standard InChI is InChI=1S/C8H12O3/c9-7-4-1-5-6(7)3-11-8(5)10-2-4/h4-9H,1-3H2/t4-,5?,6?,7?,8?/m1/s1. The maximum absolute atomic E-state index is 9.73. The summed E-state index contributed by atoms with van der Waals surface area (Å²) in [5.41, 5.74) is 0. The number of aliphatic hydroxyl groups excluding tert-OH is 1. The van der Waals surface area contributed by atoms with Crippen LogP contribution in [0.15, 0.2) is 0 Å². The Morgan fingerprint density at radius 1 is 1.09 bits per heavy atom. The molecule has 2 bridgehead atoms. The molecule has 62 valence electrons. The van der Waals surface area contributed by atoms with Gasteiger partial charge in [-0.15, -0.1) is 0 Å². The summed E-state index contributed by atoms with van der Waals surface area (Å²) in [4.78, 5) is 0. The summed E-state index contributed by atoms with van der Waals surface area (Å²) < 4.78 is 10.8. The molecule has 3 rings (SSSR count). The van der Waals surface area contributed by atoms with Gasteiger partial charge in [-0.25, -0.2) is 0 Å². The lowest BCUT2D eigenvalue weighted by Crippen LogP contribution is -2.30. The molecule has 1 N–H and O–H groups in total. The van der Waals surface area contributed by atoms with E-state index >= 15 is 0 Å². The summed E-state index contributed by atoms with van der Waals surface area (Å²) in [5, 5.41) is 9.73. The van der Waals surface area contributed by atoms with Crippen molar-refractivity contribution in [2.75, 3.05) is 13.2 Å². The molecule has 3 nitrogen and oxygen atoms in total. The normalized spacial score (nSPS) is 60.3. The van der Waals surface area contributed by atoms with Crippen molar-refractivity contribution in [3.05, 3.63) is 0 Å². The highest BCUT2D eigenvalue weighted by atomic mass is 16.7. The first-order valence-corrected chi connectivity index (χ1v) is 4.27. The molecular weight excluding hydrogens is 144 g/mol. The van der Waals surface area contributed by atoms with Crippen molar-refractivity contribution in [2.45, 2.75) is 18.8 Å². The van der Waals surface area contributed by atoms with Crippen molar-refractivity contribution in [3.8, 4) is 0 Å². The summed E-state index contributed by atoms with van der Waals surface area (Å²) in [6, 6.07) is 0. The highest BCUT2D eigenvalue weighted by Gasteiger charge is 2.54. The van der Waals surface area contributed by atoms with Crippen LogP contribution in [0.2, 0.25) is 0 Å². The minimum atomic E-state index is -0.160. The summed E-state index contributed by atoms with van der Waals surface area (Å²) >= 11 is 0. The highest BCUT2D eigenvalue weighted by Crippen LogP contribution is 2.47. The molecular formula is C8H12O3. The number of hydrogen-bond donors (Lipinski definition) is 1. The van der Waals surface area contributed by atoms with Crippen LogP contribution in [0.3, 0.4) is 0 Å². The minimum Gasteiger partial charge on any atom is -0.392 e. The molecule has 0 aromatic rings. The number of hydrogen-bond acceptors (Lipinski definition) is 3. The lowest BCUT2D eigenvalue weighted by atomic mass is 9.98. The molecule has 1 aliphatic carbocycles. The van der Waals surface area contributed by atoms with E-state index in [0.717, 1.165) is 6.42 Å². The lowest BCUT2D eigenvalue weighted by molar-refractivity contribution is -0.169. The van der Waals surface area contributed by atoms with Crippen LogP contribution in [0.1, 0.15) is 6.42 Å². The molecule has 11 heavy (non-hydrogen) atoms. The van der Waals surface area contributed by atoms with E-state index in [-0.39, 0.29) is 12.4 Å². The lowest BCUT2D eigenvalue weighted by Gasteiger charge is -2.25. The van der Waals surface area contributed by atoms with E-state index in [1.807, 2.05) is 0 Å². The molecule has 0 aromatic carbocycles. The predicted molar refractivity (Wildman–Crippen MR) is 36.8 cm³/mol. The third-order valence-corrected chi connectivity index (χ3v) is 3.32. The van der Waals surface area contributed by atoms with Gasteiger partial charge < -0.3 is 14.6 Å². The first-order valence-electron chi connectivity index (χ1n) is 4.27. The van der Waals surface area contributed by atoms with Gasteiger partial charge in [0.15, 0.2) is 6.29 Å². The van der Waals surface area contributed by atoms with Crippen LogP contribution in [0.4, 0.5) is 0 Å². The minimum absolute atomic E-state index is 0.00778. The second-order valence-electron chi connectivity index (χ2n) is 3.85. The molecule has 0 amide bonds. The van der Waals surface area contributed by atoms with Crippen LogP contribution >= 0.6 is 0 Å². The van der Waals surface area contributed by atoms with Crippen LogP contribution in [-0.4, -0.2) is 30.7 Å². The molecule has 2 saturated heterocycles. The van der Waals surface area contributed by atoms with Gasteiger partial charge in [0.1, 0.15) is 0 Å². The Kier molecular flexibility index (Phi) is 1.15. The molecule has 3 fully saturated rings. The summed E-state index contributed by atoms with van der Waals surface area (Å²) in [5.74, 6) is 1.25. The van der Waals surface area contributed by atoms with Gasteiger partial charge in [-0.1, -0.05) is 0 Å². The zero-order valence-corrected chi connectivity index (χ0v) is 6.27. The second-order valence-corrected chi connectivity index (χ2v) is 3.85. The van der Waals surface area contributed by atoms with Crippen molar-refractivity contribution in [3.63, 3.8) is 0 Å². The Bertz CT molecular complexity index is 180. The molecule has 0 aromatic heterocycles. The molecule has 1 saturated carbocycles. The predicted octanol–water partition coefficient (Wildman–Crippen LogP) is -0.0139. The average Bonchev–Trinajstić information content (AvgIpc) is 2.51. The number of ether oxygens (including phenoxy) is 2. The molecule has 3 heteroatoms. The zero-order valence-electron chi connectivity index (χ0n) is 6.27. The molecule has 3 aliphatic rings. The van der Waals surface area contributed by atoms with Gasteiger partial charge >= 0.3 is 0 Å². The smallest absolute Gasteiger partial charge is 0.160 e. The molecule has 2 aliphatic heterocycles. The fourth-order valence-electron chi connectivity index (χ4n) is 2.69. The quantitative estimate of drug-likeness (QED) is 0.536. The van der Waals surface area contributed by atoms with E-state index in [1.165, 1.54) is 0 Å². The van der Waals surface area contributed by atoms with Gasteiger partial charge in [-0.05, 0) is 6.42 Å². The van der Waals surface area contributed by atoms with Crippen molar-refractivity contribution in [2.24, 2.45) is 17.8 Å². The van der Waals surface area contributed by atoms with E-state index in [0.29, 0.717) is 31.0 Å². The molecule has 2 heterocycles. The van der Waals surface area contributed by atoms with Crippen LogP contribution in [-0.2, 0) is 9.47 Å². The van der Waals surface area contributed by atoms with Gasteiger partial charge in [-0.3, -0.25) is 0 Å². The van der Waals surface area contributed by atoms with Crippen molar-refractivity contribution < 1.29 is 14.6 Å². The largest absolute Gasteiger partial charge is 0.392 e. The third-order valence-electron chi connectivity index (χ3n) is 3.32. The molecule has 0 spiro atoms. The van der Waals surface area contributed by atoms with Crippen LogP contribution < -0.4 is 0 Å². The maximum atomic E-state index is 9.73. The van der Waals surface area contributed by atoms with E-state index in [1.54, 1.807) is 0 Å². The fourth-order valence-corrected chi connectivity index (χ4v) is 2.69.